The topological polar surface area (TPSA) is 31.4 Å². The van der Waals surface area contributed by atoms with E-state index in [1.807, 2.05) is 12.1 Å². The van der Waals surface area contributed by atoms with Crippen LogP contribution in [0.1, 0.15) is 12.5 Å². The predicted octanol–water partition coefficient (Wildman–Crippen LogP) is 5.30. The molecule has 0 fully saturated rings. The number of hydrogen-bond donors (Lipinski definition) is 0. The Morgan fingerprint density at radius 2 is 1.64 bits per heavy atom. The third-order valence-electron chi connectivity index (χ3n) is 4.83. The zero-order valence-corrected chi connectivity index (χ0v) is 14.0. The highest BCUT2D eigenvalue weighted by Crippen LogP contribution is 2.40. The van der Waals surface area contributed by atoms with Crippen molar-refractivity contribution >= 4 is 10.9 Å². The molecule has 1 aromatic heterocycles. The fourth-order valence-corrected chi connectivity index (χ4v) is 3.56. The number of benzene rings is 1. The van der Waals surface area contributed by atoms with Crippen LogP contribution in [0.15, 0.2) is 60.7 Å². The van der Waals surface area contributed by atoms with Gasteiger partial charge in [-0.3, -0.25) is 0 Å². The lowest BCUT2D eigenvalue weighted by atomic mass is 10.0. The van der Waals surface area contributed by atoms with Crippen molar-refractivity contribution in [2.24, 2.45) is 0 Å². The van der Waals surface area contributed by atoms with Gasteiger partial charge in [-0.15, -0.1) is 0 Å². The van der Waals surface area contributed by atoms with Gasteiger partial charge >= 0.3 is 0 Å². The van der Waals surface area contributed by atoms with Crippen LogP contribution in [0.5, 0.6) is 11.5 Å². The first-order chi connectivity index (χ1) is 12.3. The maximum Gasteiger partial charge on any atom is 0.231 e. The highest BCUT2D eigenvalue weighted by molar-refractivity contribution is 5.91. The lowest BCUT2D eigenvalue weighted by Gasteiger charge is -2.05. The second-order valence-corrected chi connectivity index (χ2v) is 6.27. The Morgan fingerprint density at radius 1 is 0.840 bits per heavy atom. The van der Waals surface area contributed by atoms with Crippen LogP contribution < -0.4 is 9.47 Å². The number of aromatic nitrogens is 1. The van der Waals surface area contributed by atoms with Crippen molar-refractivity contribution in [1.29, 1.82) is 0 Å². The molecule has 0 spiro atoms. The number of nitrogens with zero attached hydrogens (tertiary/aromatic N) is 1. The van der Waals surface area contributed by atoms with E-state index in [0.717, 1.165) is 34.5 Å². The van der Waals surface area contributed by atoms with Gasteiger partial charge in [-0.05, 0) is 41.3 Å². The maximum absolute atomic E-state index is 5.49. The Kier molecular flexibility index (Phi) is 3.14. The molecule has 1 aromatic carbocycles. The summed E-state index contributed by atoms with van der Waals surface area (Å²) in [6, 6.07) is 21.0. The standard InChI is InChI=1S/C22H17NO2/c1-2-14-10-18(17-7-5-3-4-6-16(14)17)19-9-8-15-11-21-22(25-13-24-21)12-20(15)23-19/h3-12H,2,13H2,1H3. The summed E-state index contributed by atoms with van der Waals surface area (Å²) in [5, 5.41) is 1.06. The Bertz CT molecular complexity index is 1070. The number of pyridine rings is 1. The van der Waals surface area contributed by atoms with Crippen molar-refractivity contribution in [3.8, 4) is 33.9 Å². The van der Waals surface area contributed by atoms with Crippen molar-refractivity contribution < 1.29 is 9.47 Å². The molecule has 122 valence electrons. The SMILES string of the molecule is CCc1cc(-c2ccc3cc4c(cc3n2)OCO4)c2cccccc1-2. The van der Waals surface area contributed by atoms with E-state index in [1.165, 1.54) is 22.3 Å². The summed E-state index contributed by atoms with van der Waals surface area (Å²) in [5.74, 6) is 1.56. The van der Waals surface area contributed by atoms with E-state index in [-0.39, 0.29) is 6.79 Å². The molecule has 0 N–H and O–H groups in total. The van der Waals surface area contributed by atoms with Gasteiger partial charge in [0.15, 0.2) is 11.5 Å². The summed E-state index contributed by atoms with van der Waals surface area (Å²) in [5.41, 5.74) is 7.00. The van der Waals surface area contributed by atoms with Gasteiger partial charge in [0.2, 0.25) is 6.79 Å². The number of ether oxygens (including phenoxy) is 2. The molecule has 2 heterocycles. The average molecular weight is 327 g/mol. The summed E-state index contributed by atoms with van der Waals surface area (Å²) < 4.78 is 11.0. The summed E-state index contributed by atoms with van der Waals surface area (Å²) in [6.07, 6.45) is 1.01. The summed E-state index contributed by atoms with van der Waals surface area (Å²) >= 11 is 0. The highest BCUT2D eigenvalue weighted by atomic mass is 16.7. The second-order valence-electron chi connectivity index (χ2n) is 6.27. The van der Waals surface area contributed by atoms with Crippen LogP contribution in [0.4, 0.5) is 0 Å². The highest BCUT2D eigenvalue weighted by Gasteiger charge is 2.18. The predicted molar refractivity (Wildman–Crippen MR) is 99.3 cm³/mol. The third kappa shape index (κ3) is 2.23. The lowest BCUT2D eigenvalue weighted by Crippen LogP contribution is -1.92. The maximum atomic E-state index is 5.49. The molecule has 0 bridgehead atoms. The largest absolute Gasteiger partial charge is 0.454 e. The number of aryl methyl sites for hydroxylation is 1. The van der Waals surface area contributed by atoms with Crippen molar-refractivity contribution in [2.45, 2.75) is 13.3 Å². The lowest BCUT2D eigenvalue weighted by molar-refractivity contribution is 0.174. The zero-order valence-electron chi connectivity index (χ0n) is 14.0. The minimum atomic E-state index is 0.280. The van der Waals surface area contributed by atoms with E-state index in [9.17, 15) is 0 Å². The van der Waals surface area contributed by atoms with E-state index in [0.29, 0.717) is 0 Å². The fourth-order valence-electron chi connectivity index (χ4n) is 3.56. The number of rotatable bonds is 2. The van der Waals surface area contributed by atoms with E-state index >= 15 is 0 Å². The van der Waals surface area contributed by atoms with Crippen LogP contribution in [0, 0.1) is 0 Å². The first-order valence-electron chi connectivity index (χ1n) is 8.55. The van der Waals surface area contributed by atoms with Crippen molar-refractivity contribution in [3.63, 3.8) is 0 Å². The second kappa shape index (κ2) is 5.49. The molecular weight excluding hydrogens is 310 g/mol. The Hall–Kier alpha value is -3.07. The molecule has 0 unspecified atom stereocenters. The molecule has 3 aliphatic rings. The van der Waals surface area contributed by atoms with Crippen LogP contribution in [-0.4, -0.2) is 11.8 Å². The number of hydrogen-bond acceptors (Lipinski definition) is 3. The molecule has 5 rings (SSSR count). The van der Waals surface area contributed by atoms with Crippen LogP contribution in [0.25, 0.3) is 33.3 Å². The monoisotopic (exact) mass is 327 g/mol. The van der Waals surface area contributed by atoms with Crippen molar-refractivity contribution in [1.82, 2.24) is 4.98 Å². The van der Waals surface area contributed by atoms with E-state index < -0.39 is 0 Å². The molecule has 1 aliphatic heterocycles. The molecule has 0 saturated carbocycles. The smallest absolute Gasteiger partial charge is 0.231 e. The molecule has 25 heavy (non-hydrogen) atoms. The molecule has 0 saturated heterocycles. The first kappa shape index (κ1) is 14.3. The fraction of sp³-hybridized carbons (Fsp3) is 0.136. The van der Waals surface area contributed by atoms with Crippen molar-refractivity contribution in [2.75, 3.05) is 6.79 Å². The van der Waals surface area contributed by atoms with E-state index in [1.54, 1.807) is 0 Å². The van der Waals surface area contributed by atoms with Gasteiger partial charge in [0.1, 0.15) is 0 Å². The Balaban J connectivity index is 1.71. The average Bonchev–Trinajstić information content (AvgIpc) is 3.15. The van der Waals surface area contributed by atoms with Gasteiger partial charge in [0, 0.05) is 17.0 Å². The summed E-state index contributed by atoms with van der Waals surface area (Å²) in [7, 11) is 0. The molecule has 0 radical (unpaired) electrons. The molecule has 0 amide bonds. The Morgan fingerprint density at radius 3 is 2.48 bits per heavy atom. The third-order valence-corrected chi connectivity index (χ3v) is 4.83. The molecule has 3 nitrogen and oxygen atoms in total. The van der Waals surface area contributed by atoms with Gasteiger partial charge < -0.3 is 9.47 Å². The van der Waals surface area contributed by atoms with Crippen LogP contribution in [0.3, 0.4) is 0 Å². The van der Waals surface area contributed by atoms with Gasteiger partial charge in [0.25, 0.3) is 0 Å². The quantitative estimate of drug-likeness (QED) is 0.501. The van der Waals surface area contributed by atoms with Gasteiger partial charge in [-0.1, -0.05) is 43.3 Å². The molecule has 2 aliphatic carbocycles. The molecule has 3 heteroatoms. The van der Waals surface area contributed by atoms with Crippen LogP contribution in [-0.2, 0) is 6.42 Å². The summed E-state index contributed by atoms with van der Waals surface area (Å²) in [4.78, 5) is 4.91. The normalized spacial score (nSPS) is 12.8. The van der Waals surface area contributed by atoms with Crippen LogP contribution in [0.2, 0.25) is 0 Å². The van der Waals surface area contributed by atoms with Crippen LogP contribution >= 0.6 is 0 Å². The van der Waals surface area contributed by atoms with E-state index in [4.69, 9.17) is 14.5 Å². The molecule has 0 atom stereocenters. The first-order valence-corrected chi connectivity index (χ1v) is 8.55. The zero-order chi connectivity index (χ0) is 16.8. The van der Waals surface area contributed by atoms with Crippen molar-refractivity contribution in [3.05, 3.63) is 66.2 Å². The van der Waals surface area contributed by atoms with E-state index in [2.05, 4.69) is 55.5 Å². The molecule has 2 aromatic rings. The number of fused-ring (bicyclic) bond motifs is 3. The summed E-state index contributed by atoms with van der Waals surface area (Å²) in [6.45, 7) is 2.47. The minimum Gasteiger partial charge on any atom is -0.454 e. The molecular formula is C22H17NO2. The van der Waals surface area contributed by atoms with Gasteiger partial charge in [-0.25, -0.2) is 4.98 Å². The Labute approximate surface area is 146 Å². The van der Waals surface area contributed by atoms with Gasteiger partial charge in [-0.2, -0.15) is 0 Å². The minimum absolute atomic E-state index is 0.280. The van der Waals surface area contributed by atoms with Gasteiger partial charge in [0.05, 0.1) is 11.2 Å².